The van der Waals surface area contributed by atoms with Gasteiger partial charge in [-0.1, -0.05) is 44.2 Å². The van der Waals surface area contributed by atoms with E-state index < -0.39 is 21.5 Å². The van der Waals surface area contributed by atoms with E-state index in [0.717, 1.165) is 6.54 Å². The second-order valence-electron chi connectivity index (χ2n) is 7.82. The normalized spacial score (nSPS) is 11.9. The van der Waals surface area contributed by atoms with Crippen LogP contribution < -0.4 is 10.9 Å². The number of H-pyrrole nitrogens is 1. The summed E-state index contributed by atoms with van der Waals surface area (Å²) in [6, 6.07) is 15.7. The average molecular weight is 471 g/mol. The smallest absolute Gasteiger partial charge is 0.252 e. The molecule has 9 heteroatoms. The fourth-order valence-electron chi connectivity index (χ4n) is 3.72. The van der Waals surface area contributed by atoms with Crippen LogP contribution in [-0.4, -0.2) is 61.7 Å². The molecule has 0 aliphatic heterocycles. The number of hydrogen-bond donors (Lipinski definition) is 2. The molecule has 1 heterocycles. The van der Waals surface area contributed by atoms with Crippen LogP contribution in [0.25, 0.3) is 10.9 Å². The maximum Gasteiger partial charge on any atom is 0.252 e. The number of likely N-dealkylation sites (N-methyl/N-ethyl adjacent to an activating group) is 1. The Bertz CT molecular complexity index is 1270. The van der Waals surface area contributed by atoms with Gasteiger partial charge in [-0.2, -0.15) is 4.31 Å². The van der Waals surface area contributed by atoms with Gasteiger partial charge in [0.1, 0.15) is 0 Å². The summed E-state index contributed by atoms with van der Waals surface area (Å²) in [6.07, 6.45) is 0. The van der Waals surface area contributed by atoms with Gasteiger partial charge in [0.05, 0.1) is 10.5 Å². The summed E-state index contributed by atoms with van der Waals surface area (Å²) in [6.45, 7) is 5.97. The lowest BCUT2D eigenvalue weighted by atomic mass is 10.1. The molecular weight excluding hydrogens is 440 g/mol. The fourth-order valence-corrected chi connectivity index (χ4v) is 5.21. The van der Waals surface area contributed by atoms with Crippen molar-refractivity contribution in [1.82, 2.24) is 19.5 Å². The monoisotopic (exact) mass is 470 g/mol. The summed E-state index contributed by atoms with van der Waals surface area (Å²) in [5.41, 5.74) is 1.31. The van der Waals surface area contributed by atoms with E-state index in [1.54, 1.807) is 13.8 Å². The van der Waals surface area contributed by atoms with Crippen LogP contribution in [-0.2, 0) is 16.6 Å². The Morgan fingerprint density at radius 3 is 2.39 bits per heavy atom. The third-order valence-electron chi connectivity index (χ3n) is 5.48. The van der Waals surface area contributed by atoms with Crippen molar-refractivity contribution < 1.29 is 13.2 Å². The lowest BCUT2D eigenvalue weighted by Gasteiger charge is -2.19. The number of carbonyl (C=O) groups is 1. The predicted molar refractivity (Wildman–Crippen MR) is 130 cm³/mol. The number of hydrogen-bond acceptors (Lipinski definition) is 5. The largest absolute Gasteiger partial charge is 0.351 e. The van der Waals surface area contributed by atoms with Crippen LogP contribution in [0.5, 0.6) is 0 Å². The molecule has 0 fully saturated rings. The average Bonchev–Trinajstić information content (AvgIpc) is 2.79. The van der Waals surface area contributed by atoms with Gasteiger partial charge in [-0.3, -0.25) is 9.59 Å². The number of fused-ring (bicyclic) bond motifs is 1. The highest BCUT2D eigenvalue weighted by Gasteiger charge is 2.23. The topological polar surface area (TPSA) is 103 Å². The number of aromatic amines is 1. The molecule has 0 bridgehead atoms. The molecular formula is C24H30N4O4S. The zero-order valence-corrected chi connectivity index (χ0v) is 20.0. The third kappa shape index (κ3) is 5.87. The van der Waals surface area contributed by atoms with Crippen molar-refractivity contribution in [2.45, 2.75) is 25.3 Å². The Labute approximate surface area is 194 Å². The zero-order valence-electron chi connectivity index (χ0n) is 19.2. The van der Waals surface area contributed by atoms with Gasteiger partial charge in [-0.15, -0.1) is 0 Å². The first kappa shape index (κ1) is 24.6. The van der Waals surface area contributed by atoms with Gasteiger partial charge >= 0.3 is 0 Å². The van der Waals surface area contributed by atoms with Crippen LogP contribution in [0, 0.1) is 0 Å². The van der Waals surface area contributed by atoms with Crippen LogP contribution in [0.15, 0.2) is 64.3 Å². The molecule has 8 nitrogen and oxygen atoms in total. The van der Waals surface area contributed by atoms with Gasteiger partial charge < -0.3 is 15.2 Å². The second kappa shape index (κ2) is 10.7. The predicted octanol–water partition coefficient (Wildman–Crippen LogP) is 2.42. The van der Waals surface area contributed by atoms with Crippen molar-refractivity contribution in [2.75, 3.05) is 33.2 Å². The summed E-state index contributed by atoms with van der Waals surface area (Å²) < 4.78 is 27.2. The molecule has 0 aliphatic rings. The SMILES string of the molecule is CCN(CC)S(=O)(=O)c1ccc2[nH]c(=O)cc(C(=O)NCCN(C)Cc3ccccc3)c2c1. The highest BCUT2D eigenvalue weighted by atomic mass is 32.2. The Morgan fingerprint density at radius 2 is 1.73 bits per heavy atom. The first-order valence-electron chi connectivity index (χ1n) is 10.9. The molecule has 1 aromatic heterocycles. The molecule has 2 aromatic carbocycles. The van der Waals surface area contributed by atoms with E-state index in [9.17, 15) is 18.0 Å². The molecule has 3 rings (SSSR count). The van der Waals surface area contributed by atoms with Crippen LogP contribution in [0.2, 0.25) is 0 Å². The van der Waals surface area contributed by atoms with Crippen LogP contribution >= 0.6 is 0 Å². The summed E-state index contributed by atoms with van der Waals surface area (Å²) >= 11 is 0. The highest BCUT2D eigenvalue weighted by Crippen LogP contribution is 2.22. The van der Waals surface area contributed by atoms with Crippen LogP contribution in [0.4, 0.5) is 0 Å². The summed E-state index contributed by atoms with van der Waals surface area (Å²) in [7, 11) is -1.74. The Hall–Kier alpha value is -3.01. The third-order valence-corrected chi connectivity index (χ3v) is 7.52. The molecule has 3 aromatic rings. The molecule has 0 spiro atoms. The van der Waals surface area contributed by atoms with Crippen molar-refractivity contribution in [3.8, 4) is 0 Å². The Morgan fingerprint density at radius 1 is 1.03 bits per heavy atom. The van der Waals surface area contributed by atoms with E-state index in [1.165, 1.54) is 34.1 Å². The highest BCUT2D eigenvalue weighted by molar-refractivity contribution is 7.89. The minimum atomic E-state index is -3.70. The van der Waals surface area contributed by atoms with Crippen molar-refractivity contribution in [1.29, 1.82) is 0 Å². The van der Waals surface area contributed by atoms with E-state index in [-0.39, 0.29) is 10.5 Å². The van der Waals surface area contributed by atoms with Gasteiger partial charge in [0.25, 0.3) is 5.91 Å². The van der Waals surface area contributed by atoms with Crippen molar-refractivity contribution in [3.63, 3.8) is 0 Å². The van der Waals surface area contributed by atoms with E-state index in [0.29, 0.717) is 37.1 Å². The zero-order chi connectivity index (χ0) is 24.0. The minimum Gasteiger partial charge on any atom is -0.351 e. The molecule has 0 atom stereocenters. The number of benzene rings is 2. The molecule has 176 valence electrons. The van der Waals surface area contributed by atoms with Gasteiger partial charge in [-0.05, 0) is 30.8 Å². The first-order valence-corrected chi connectivity index (χ1v) is 12.4. The van der Waals surface area contributed by atoms with E-state index >= 15 is 0 Å². The minimum absolute atomic E-state index is 0.0855. The number of nitrogens with zero attached hydrogens (tertiary/aromatic N) is 2. The number of pyridine rings is 1. The van der Waals surface area contributed by atoms with Crippen molar-refractivity contribution in [2.24, 2.45) is 0 Å². The quantitative estimate of drug-likeness (QED) is 0.474. The van der Waals surface area contributed by atoms with Crippen molar-refractivity contribution >= 4 is 26.8 Å². The molecule has 0 unspecified atom stereocenters. The van der Waals surface area contributed by atoms with Gasteiger partial charge in [0.2, 0.25) is 15.6 Å². The van der Waals surface area contributed by atoms with E-state index in [1.807, 2.05) is 37.4 Å². The summed E-state index contributed by atoms with van der Waals surface area (Å²) in [5, 5.41) is 3.23. The number of carbonyl (C=O) groups excluding carboxylic acids is 1. The summed E-state index contributed by atoms with van der Waals surface area (Å²) in [4.78, 5) is 29.9. The second-order valence-corrected chi connectivity index (χ2v) is 9.76. The number of aromatic nitrogens is 1. The van der Waals surface area contributed by atoms with Crippen LogP contribution in [0.1, 0.15) is 29.8 Å². The van der Waals surface area contributed by atoms with E-state index in [2.05, 4.69) is 15.2 Å². The number of rotatable bonds is 10. The molecule has 0 aliphatic carbocycles. The van der Waals surface area contributed by atoms with Crippen LogP contribution in [0.3, 0.4) is 0 Å². The van der Waals surface area contributed by atoms with Gasteiger partial charge in [-0.25, -0.2) is 8.42 Å². The molecule has 33 heavy (non-hydrogen) atoms. The number of nitrogens with one attached hydrogen (secondary N) is 2. The van der Waals surface area contributed by atoms with Crippen molar-refractivity contribution in [3.05, 3.63) is 76.1 Å². The number of sulfonamides is 1. The Balaban J connectivity index is 1.79. The molecule has 2 N–H and O–H groups in total. The summed E-state index contributed by atoms with van der Waals surface area (Å²) in [5.74, 6) is -0.420. The standard InChI is InChI=1S/C24H30N4O4S/c1-4-28(5-2)33(31,32)19-11-12-22-20(15-19)21(16-23(29)26-22)24(30)25-13-14-27(3)17-18-9-7-6-8-10-18/h6-12,15-16H,4-5,13-14,17H2,1-3H3,(H,25,30)(H,26,29). The van der Waals surface area contributed by atoms with Gasteiger partial charge in [0, 0.05) is 49.7 Å². The molecule has 0 saturated carbocycles. The molecule has 0 saturated heterocycles. The maximum atomic E-state index is 12.9. The lowest BCUT2D eigenvalue weighted by Crippen LogP contribution is -2.33. The number of amides is 1. The fraction of sp³-hybridized carbons (Fsp3) is 0.333. The van der Waals surface area contributed by atoms with Gasteiger partial charge in [0.15, 0.2) is 0 Å². The molecule has 0 radical (unpaired) electrons. The van der Waals surface area contributed by atoms with E-state index in [4.69, 9.17) is 0 Å². The first-order chi connectivity index (χ1) is 15.8. The molecule has 1 amide bonds. The Kier molecular flexibility index (Phi) is 8.01. The maximum absolute atomic E-state index is 12.9. The lowest BCUT2D eigenvalue weighted by molar-refractivity contribution is 0.0951.